The van der Waals surface area contributed by atoms with E-state index in [1.165, 1.54) is 5.56 Å². The Hall–Kier alpha value is -3.12. The smallest absolute Gasteiger partial charge is 0.336 e. The summed E-state index contributed by atoms with van der Waals surface area (Å²) in [5.41, 5.74) is 4.75. The number of benzene rings is 2. The van der Waals surface area contributed by atoms with Crippen molar-refractivity contribution in [3.63, 3.8) is 0 Å². The summed E-state index contributed by atoms with van der Waals surface area (Å²) in [5, 5.41) is 0.995. The fourth-order valence-corrected chi connectivity index (χ4v) is 4.43. The lowest BCUT2D eigenvalue weighted by Gasteiger charge is -2.22. The Morgan fingerprint density at radius 2 is 1.76 bits per heavy atom. The zero-order chi connectivity index (χ0) is 23.4. The van der Waals surface area contributed by atoms with Crippen LogP contribution in [0.25, 0.3) is 11.0 Å². The average molecular weight is 449 g/mol. The van der Waals surface area contributed by atoms with Crippen LogP contribution in [-0.2, 0) is 17.8 Å². The number of fused-ring (bicyclic) bond motifs is 1. The Labute approximate surface area is 194 Å². The van der Waals surface area contributed by atoms with Crippen molar-refractivity contribution < 1.29 is 13.9 Å². The van der Waals surface area contributed by atoms with Crippen molar-refractivity contribution in [3.05, 3.63) is 75.1 Å². The lowest BCUT2D eigenvalue weighted by Crippen LogP contribution is -2.35. The second kappa shape index (κ2) is 10.2. The fourth-order valence-electron chi connectivity index (χ4n) is 4.43. The second-order valence-corrected chi connectivity index (χ2v) is 8.88. The van der Waals surface area contributed by atoms with Crippen LogP contribution in [0.5, 0.6) is 5.75 Å². The van der Waals surface area contributed by atoms with Crippen molar-refractivity contribution in [1.29, 1.82) is 0 Å². The SMILES string of the molecule is COc1ccc(CCC(=O)N2CCCN(Cc3cc(=O)oc4cc(C)c(C)cc34)CC2)cc1. The quantitative estimate of drug-likeness (QED) is 0.532. The van der Waals surface area contributed by atoms with Gasteiger partial charge in [-0.25, -0.2) is 4.79 Å². The van der Waals surface area contributed by atoms with Gasteiger partial charge in [0.1, 0.15) is 11.3 Å². The number of hydrogen-bond acceptors (Lipinski definition) is 5. The van der Waals surface area contributed by atoms with Crippen LogP contribution >= 0.6 is 0 Å². The lowest BCUT2D eigenvalue weighted by atomic mass is 10.0. The molecule has 0 aliphatic carbocycles. The molecule has 0 saturated carbocycles. The maximum Gasteiger partial charge on any atom is 0.336 e. The van der Waals surface area contributed by atoms with E-state index in [0.717, 1.165) is 60.3 Å². The first-order valence-electron chi connectivity index (χ1n) is 11.6. The number of carbonyl (C=O) groups is 1. The summed E-state index contributed by atoms with van der Waals surface area (Å²) in [6.45, 7) is 7.95. The summed E-state index contributed by atoms with van der Waals surface area (Å²) in [4.78, 5) is 29.3. The molecule has 2 aromatic carbocycles. The summed E-state index contributed by atoms with van der Waals surface area (Å²) >= 11 is 0. The third-order valence-corrected chi connectivity index (χ3v) is 6.57. The molecule has 0 spiro atoms. The molecule has 0 bridgehead atoms. The van der Waals surface area contributed by atoms with Crippen LogP contribution < -0.4 is 10.4 Å². The second-order valence-electron chi connectivity index (χ2n) is 8.88. The van der Waals surface area contributed by atoms with Crippen molar-refractivity contribution >= 4 is 16.9 Å². The lowest BCUT2D eigenvalue weighted by molar-refractivity contribution is -0.131. The van der Waals surface area contributed by atoms with Gasteiger partial charge in [-0.3, -0.25) is 9.69 Å². The van der Waals surface area contributed by atoms with Gasteiger partial charge >= 0.3 is 5.63 Å². The Bertz CT molecular complexity index is 1180. The topological polar surface area (TPSA) is 63.0 Å². The van der Waals surface area contributed by atoms with Gasteiger partial charge in [-0.15, -0.1) is 0 Å². The minimum Gasteiger partial charge on any atom is -0.497 e. The Morgan fingerprint density at radius 1 is 1.00 bits per heavy atom. The van der Waals surface area contributed by atoms with Crippen LogP contribution in [0.4, 0.5) is 0 Å². The van der Waals surface area contributed by atoms with E-state index in [1.807, 2.05) is 42.2 Å². The summed E-state index contributed by atoms with van der Waals surface area (Å²) in [6.07, 6.45) is 2.16. The first-order chi connectivity index (χ1) is 15.9. The highest BCUT2D eigenvalue weighted by Gasteiger charge is 2.20. The minimum atomic E-state index is -0.314. The standard InChI is InChI=1S/C27H32N2O4/c1-19-15-24-22(17-27(31)33-25(24)16-20(19)2)18-28-11-4-12-29(14-13-28)26(30)10-7-21-5-8-23(32-3)9-6-21/h5-6,8-9,15-17H,4,7,10-14,18H2,1-3H3. The normalized spacial score (nSPS) is 14.9. The first-order valence-corrected chi connectivity index (χ1v) is 11.6. The van der Waals surface area contributed by atoms with Crippen LogP contribution in [0.3, 0.4) is 0 Å². The van der Waals surface area contributed by atoms with E-state index in [2.05, 4.69) is 17.9 Å². The highest BCUT2D eigenvalue weighted by Crippen LogP contribution is 2.23. The molecule has 1 aliphatic rings. The van der Waals surface area contributed by atoms with Gasteiger partial charge in [-0.05, 0) is 73.2 Å². The Kier molecular flexibility index (Phi) is 7.14. The minimum absolute atomic E-state index is 0.199. The summed E-state index contributed by atoms with van der Waals surface area (Å²) in [5.74, 6) is 1.02. The molecule has 1 amide bonds. The van der Waals surface area contributed by atoms with E-state index < -0.39 is 0 Å². The van der Waals surface area contributed by atoms with Gasteiger partial charge in [0.15, 0.2) is 0 Å². The molecule has 3 aromatic rings. The molecule has 0 radical (unpaired) electrons. The van der Waals surface area contributed by atoms with Crippen molar-refractivity contribution in [2.75, 3.05) is 33.3 Å². The molecule has 2 heterocycles. The Balaban J connectivity index is 1.37. The number of nitrogens with zero attached hydrogens (tertiary/aromatic N) is 2. The van der Waals surface area contributed by atoms with E-state index >= 15 is 0 Å². The van der Waals surface area contributed by atoms with E-state index in [0.29, 0.717) is 25.1 Å². The van der Waals surface area contributed by atoms with Gasteiger partial charge in [0.05, 0.1) is 7.11 Å². The van der Waals surface area contributed by atoms with Gasteiger partial charge in [0, 0.05) is 50.6 Å². The van der Waals surface area contributed by atoms with Crippen molar-refractivity contribution in [2.45, 2.75) is 39.7 Å². The number of methoxy groups -OCH3 is 1. The fraction of sp³-hybridized carbons (Fsp3) is 0.407. The number of hydrogen-bond donors (Lipinski definition) is 0. The van der Waals surface area contributed by atoms with Crippen molar-refractivity contribution in [1.82, 2.24) is 9.80 Å². The molecule has 1 saturated heterocycles. The largest absolute Gasteiger partial charge is 0.497 e. The van der Waals surface area contributed by atoms with Crippen LogP contribution in [0, 0.1) is 13.8 Å². The van der Waals surface area contributed by atoms with Crippen molar-refractivity contribution in [2.24, 2.45) is 0 Å². The molecular formula is C27H32N2O4. The van der Waals surface area contributed by atoms with Crippen LogP contribution in [0.2, 0.25) is 0 Å². The monoisotopic (exact) mass is 448 g/mol. The first kappa shape index (κ1) is 23.1. The summed E-state index contributed by atoms with van der Waals surface area (Å²) in [7, 11) is 1.65. The Morgan fingerprint density at radius 3 is 2.52 bits per heavy atom. The van der Waals surface area contributed by atoms with Crippen LogP contribution in [0.1, 0.15) is 35.1 Å². The van der Waals surface area contributed by atoms with Crippen molar-refractivity contribution in [3.8, 4) is 5.75 Å². The number of aryl methyl sites for hydroxylation is 3. The number of ether oxygens (including phenoxy) is 1. The average Bonchev–Trinajstić information content (AvgIpc) is 3.05. The summed E-state index contributed by atoms with van der Waals surface area (Å²) < 4.78 is 10.6. The molecule has 1 aliphatic heterocycles. The molecule has 33 heavy (non-hydrogen) atoms. The number of rotatable bonds is 6. The van der Waals surface area contributed by atoms with Gasteiger partial charge in [0.2, 0.25) is 5.91 Å². The third kappa shape index (κ3) is 5.63. The molecule has 174 valence electrons. The van der Waals surface area contributed by atoms with Crippen LogP contribution in [0.15, 0.2) is 51.7 Å². The zero-order valence-electron chi connectivity index (χ0n) is 19.7. The molecule has 1 fully saturated rings. The van der Waals surface area contributed by atoms with Gasteiger partial charge in [-0.2, -0.15) is 0 Å². The molecule has 0 N–H and O–H groups in total. The maximum atomic E-state index is 12.8. The van der Waals surface area contributed by atoms with E-state index in [4.69, 9.17) is 9.15 Å². The molecule has 6 heteroatoms. The van der Waals surface area contributed by atoms with Gasteiger partial charge in [-0.1, -0.05) is 12.1 Å². The van der Waals surface area contributed by atoms with Gasteiger partial charge in [0.25, 0.3) is 0 Å². The summed E-state index contributed by atoms with van der Waals surface area (Å²) in [6, 6.07) is 13.6. The molecule has 0 unspecified atom stereocenters. The molecular weight excluding hydrogens is 416 g/mol. The van der Waals surface area contributed by atoms with Gasteiger partial charge < -0.3 is 14.1 Å². The number of amides is 1. The third-order valence-electron chi connectivity index (χ3n) is 6.57. The highest BCUT2D eigenvalue weighted by atomic mass is 16.5. The highest BCUT2D eigenvalue weighted by molar-refractivity contribution is 5.82. The maximum absolute atomic E-state index is 12.8. The van der Waals surface area contributed by atoms with E-state index in [1.54, 1.807) is 13.2 Å². The molecule has 0 atom stereocenters. The zero-order valence-corrected chi connectivity index (χ0v) is 19.7. The predicted molar refractivity (Wildman–Crippen MR) is 130 cm³/mol. The van der Waals surface area contributed by atoms with Crippen LogP contribution in [-0.4, -0.2) is 49.0 Å². The van der Waals surface area contributed by atoms with E-state index in [9.17, 15) is 9.59 Å². The molecule has 1 aromatic heterocycles. The number of carbonyl (C=O) groups excluding carboxylic acids is 1. The van der Waals surface area contributed by atoms with E-state index in [-0.39, 0.29) is 11.5 Å². The predicted octanol–water partition coefficient (Wildman–Crippen LogP) is 4.09. The molecule has 6 nitrogen and oxygen atoms in total. The molecule has 4 rings (SSSR count).